The molecule has 0 aliphatic rings. The molecule has 0 N–H and O–H groups in total. The molecule has 3 rings (SSSR count). The average Bonchev–Trinajstić information content (AvgIpc) is 3.11. The normalized spacial score (nSPS) is 10.8. The van der Waals surface area contributed by atoms with Crippen molar-refractivity contribution < 1.29 is 33.1 Å². The molecule has 0 saturated carbocycles. The number of aromatic nitrogens is 1. The van der Waals surface area contributed by atoms with E-state index < -0.39 is 12.0 Å². The van der Waals surface area contributed by atoms with Crippen molar-refractivity contribution in [3.63, 3.8) is 0 Å². The first-order valence-electron chi connectivity index (χ1n) is 17.4. The van der Waals surface area contributed by atoms with Gasteiger partial charge < -0.3 is 18.9 Å². The highest BCUT2D eigenvalue weighted by Crippen LogP contribution is 2.39. The summed E-state index contributed by atoms with van der Waals surface area (Å²) in [5.74, 6) is 1.10. The fourth-order valence-electron chi connectivity index (χ4n) is 5.44. The van der Waals surface area contributed by atoms with Crippen LogP contribution in [0.15, 0.2) is 67.0 Å². The molecule has 0 unspecified atom stereocenters. The highest BCUT2D eigenvalue weighted by atomic mass is 16.6. The number of unbranched alkanes of at least 4 members (excludes halogenated alkanes) is 11. The fourth-order valence-corrected chi connectivity index (χ4v) is 5.44. The Morgan fingerprint density at radius 1 is 0.702 bits per heavy atom. The number of nitrogens with zero attached hydrogens (tertiary/aromatic N) is 2. The van der Waals surface area contributed by atoms with Gasteiger partial charge >= 0.3 is 6.09 Å². The minimum Gasteiger partial charge on any atom is -0.493 e. The number of imide groups is 1. The Balaban J connectivity index is 1.53. The zero-order valence-corrected chi connectivity index (χ0v) is 29.0. The molecule has 8 heteroatoms. The molecule has 2 amide bonds. The molecule has 1 aromatic heterocycles. The van der Waals surface area contributed by atoms with Gasteiger partial charge in [-0.15, -0.1) is 0 Å². The number of aryl methyl sites for hydroxylation is 1. The largest absolute Gasteiger partial charge is 0.493 e. The number of benzene rings is 2. The van der Waals surface area contributed by atoms with Crippen LogP contribution in [0.2, 0.25) is 0 Å². The summed E-state index contributed by atoms with van der Waals surface area (Å²) in [4.78, 5) is 27.9. The minimum absolute atomic E-state index is 0.0756. The van der Waals surface area contributed by atoms with Crippen molar-refractivity contribution in [3.05, 3.63) is 83.7 Å². The second-order valence-corrected chi connectivity index (χ2v) is 11.9. The zero-order valence-electron chi connectivity index (χ0n) is 29.0. The maximum absolute atomic E-state index is 13.4. The molecule has 0 radical (unpaired) electrons. The summed E-state index contributed by atoms with van der Waals surface area (Å²) in [6.07, 6.45) is 18.5. The third-order valence-electron chi connectivity index (χ3n) is 8.28. The molecular formula is C39H55N2O6+. The third kappa shape index (κ3) is 12.9. The van der Waals surface area contributed by atoms with Crippen LogP contribution < -0.4 is 18.8 Å². The van der Waals surface area contributed by atoms with Gasteiger partial charge in [0.05, 0.1) is 27.4 Å². The van der Waals surface area contributed by atoms with Gasteiger partial charge in [-0.05, 0) is 48.7 Å². The highest BCUT2D eigenvalue weighted by Gasteiger charge is 2.25. The maximum atomic E-state index is 13.4. The van der Waals surface area contributed by atoms with Crippen molar-refractivity contribution in [2.24, 2.45) is 0 Å². The van der Waals surface area contributed by atoms with Crippen molar-refractivity contribution in [1.82, 2.24) is 4.90 Å². The van der Waals surface area contributed by atoms with Crippen molar-refractivity contribution >= 4 is 12.0 Å². The lowest BCUT2D eigenvalue weighted by Gasteiger charge is -2.21. The quantitative estimate of drug-likeness (QED) is 0.0800. The average molecular weight is 648 g/mol. The Labute approximate surface area is 282 Å². The molecule has 0 aliphatic carbocycles. The maximum Gasteiger partial charge on any atom is 0.417 e. The molecule has 0 aliphatic heterocycles. The Bertz CT molecular complexity index is 1300. The number of carbonyl (C=O) groups is 2. The summed E-state index contributed by atoms with van der Waals surface area (Å²) < 4.78 is 25.1. The first-order chi connectivity index (χ1) is 23.0. The molecule has 1 heterocycles. The number of amides is 2. The molecule has 0 atom stereocenters. The van der Waals surface area contributed by atoms with Crippen LogP contribution in [-0.2, 0) is 24.4 Å². The van der Waals surface area contributed by atoms with E-state index in [0.717, 1.165) is 29.8 Å². The second kappa shape index (κ2) is 21.7. The summed E-state index contributed by atoms with van der Waals surface area (Å²) in [5.41, 5.74) is 1.87. The van der Waals surface area contributed by atoms with Crippen LogP contribution in [0.4, 0.5) is 4.79 Å². The van der Waals surface area contributed by atoms with Crippen molar-refractivity contribution in [2.75, 3.05) is 20.8 Å². The van der Waals surface area contributed by atoms with Crippen LogP contribution in [0.3, 0.4) is 0 Å². The molecular weight excluding hydrogens is 592 g/mol. The smallest absolute Gasteiger partial charge is 0.417 e. The molecule has 0 spiro atoms. The van der Waals surface area contributed by atoms with E-state index in [0.29, 0.717) is 35.0 Å². The predicted molar refractivity (Wildman–Crippen MR) is 185 cm³/mol. The van der Waals surface area contributed by atoms with Crippen LogP contribution in [0.1, 0.15) is 112 Å². The Hall–Kier alpha value is -4.07. The van der Waals surface area contributed by atoms with Crippen LogP contribution in [0, 0.1) is 0 Å². The van der Waals surface area contributed by atoms with E-state index in [1.165, 1.54) is 64.2 Å². The van der Waals surface area contributed by atoms with Gasteiger partial charge in [0.15, 0.2) is 23.9 Å². The molecule has 0 bridgehead atoms. The van der Waals surface area contributed by atoms with Gasteiger partial charge in [-0.2, -0.15) is 0 Å². The van der Waals surface area contributed by atoms with E-state index in [9.17, 15) is 9.59 Å². The molecule has 0 fully saturated rings. The lowest BCUT2D eigenvalue weighted by atomic mass is 10.1. The van der Waals surface area contributed by atoms with E-state index >= 15 is 0 Å². The van der Waals surface area contributed by atoms with Gasteiger partial charge in [0, 0.05) is 17.7 Å². The van der Waals surface area contributed by atoms with Crippen LogP contribution in [0.5, 0.6) is 17.2 Å². The van der Waals surface area contributed by atoms with Crippen molar-refractivity contribution in [1.29, 1.82) is 0 Å². The number of pyridine rings is 1. The van der Waals surface area contributed by atoms with E-state index in [1.54, 1.807) is 50.6 Å². The number of hydrogen-bond donors (Lipinski definition) is 0. The van der Waals surface area contributed by atoms with Gasteiger partial charge in [0.2, 0.25) is 5.75 Å². The molecule has 256 valence electrons. The Morgan fingerprint density at radius 3 is 1.79 bits per heavy atom. The number of ether oxygens (including phenoxy) is 4. The van der Waals surface area contributed by atoms with E-state index in [1.807, 2.05) is 42.1 Å². The summed E-state index contributed by atoms with van der Waals surface area (Å²) in [6, 6.07) is 16.1. The molecule has 2 aromatic carbocycles. The number of hydrogen-bond acceptors (Lipinski definition) is 6. The van der Waals surface area contributed by atoms with Crippen LogP contribution >= 0.6 is 0 Å². The van der Waals surface area contributed by atoms with Gasteiger partial charge in [-0.25, -0.2) is 14.3 Å². The minimum atomic E-state index is -0.740. The third-order valence-corrected chi connectivity index (χ3v) is 8.28. The van der Waals surface area contributed by atoms with E-state index in [2.05, 4.69) is 6.92 Å². The molecule has 8 nitrogen and oxygen atoms in total. The number of rotatable bonds is 22. The van der Waals surface area contributed by atoms with Gasteiger partial charge in [-0.3, -0.25) is 4.79 Å². The van der Waals surface area contributed by atoms with E-state index in [-0.39, 0.29) is 13.2 Å². The lowest BCUT2D eigenvalue weighted by molar-refractivity contribution is -0.693. The second-order valence-electron chi connectivity index (χ2n) is 11.9. The van der Waals surface area contributed by atoms with Gasteiger partial charge in [0.1, 0.15) is 13.2 Å². The summed E-state index contributed by atoms with van der Waals surface area (Å²) in [7, 11) is 3.15. The van der Waals surface area contributed by atoms with E-state index in [4.69, 9.17) is 18.9 Å². The predicted octanol–water partition coefficient (Wildman–Crippen LogP) is 9.07. The summed E-state index contributed by atoms with van der Waals surface area (Å²) in [6.45, 7) is 5.70. The highest BCUT2D eigenvalue weighted by molar-refractivity contribution is 6.02. The monoisotopic (exact) mass is 647 g/mol. The molecule has 0 saturated heterocycles. The van der Waals surface area contributed by atoms with Crippen molar-refractivity contribution in [3.8, 4) is 17.2 Å². The lowest BCUT2D eigenvalue weighted by Crippen LogP contribution is -2.37. The van der Waals surface area contributed by atoms with Crippen LogP contribution in [0.25, 0.3) is 0 Å². The molecule has 3 aromatic rings. The number of carbonyl (C=O) groups excluding carboxylic acids is 2. The number of methoxy groups -OCH3 is 2. The first-order valence-corrected chi connectivity index (χ1v) is 17.4. The van der Waals surface area contributed by atoms with Crippen molar-refractivity contribution in [2.45, 2.75) is 111 Å². The Morgan fingerprint density at radius 2 is 1.26 bits per heavy atom. The molecule has 47 heavy (non-hydrogen) atoms. The zero-order chi connectivity index (χ0) is 33.7. The summed E-state index contributed by atoms with van der Waals surface area (Å²) >= 11 is 0. The van der Waals surface area contributed by atoms with Gasteiger partial charge in [-0.1, -0.05) is 95.8 Å². The Kier molecular flexibility index (Phi) is 17.2. The fraction of sp³-hybridized carbons (Fsp3) is 0.513. The van der Waals surface area contributed by atoms with Gasteiger partial charge in [0.25, 0.3) is 5.91 Å². The summed E-state index contributed by atoms with van der Waals surface area (Å²) in [5, 5.41) is 0. The SMILES string of the molecule is CCCCCCCCCCCCCCOc1c(OC)cc(COC(=O)N(Cc2cc[n+](CC)cc2)C(=O)c2ccccc2)cc1OC. The van der Waals surface area contributed by atoms with Crippen LogP contribution in [-0.4, -0.2) is 37.7 Å². The standard InChI is InChI=1S/C39H55N2O6/c1-5-7-8-9-10-11-12-13-14-15-16-20-27-46-37-35(44-3)28-33(29-36(37)45-4)31-47-39(43)41(38(42)34-21-18-17-19-22-34)30-32-23-25-40(6-2)26-24-32/h17-19,21-26,28-29H,5-16,20,27,30-31H2,1-4H3/q+1. The topological polar surface area (TPSA) is 78.2 Å². The first kappa shape index (κ1) is 37.4.